The maximum absolute atomic E-state index is 12.3. The van der Waals surface area contributed by atoms with Gasteiger partial charge in [-0.15, -0.1) is 0 Å². The van der Waals surface area contributed by atoms with Crippen LogP contribution in [0.3, 0.4) is 0 Å². The minimum Gasteiger partial charge on any atom is -0.396 e. The average molecular weight is 288 g/mol. The third-order valence-electron chi connectivity index (χ3n) is 4.93. The van der Waals surface area contributed by atoms with E-state index in [2.05, 4.69) is 10.6 Å². The molecule has 1 aliphatic carbocycles. The molecule has 1 amide bonds. The number of hydrogen-bond donors (Lipinski definition) is 3. The smallest absolute Gasteiger partial charge is 0.251 e. The van der Waals surface area contributed by atoms with E-state index in [1.165, 1.54) is 5.56 Å². The first-order valence-electron chi connectivity index (χ1n) is 7.98. The lowest BCUT2D eigenvalue weighted by atomic mass is 9.87. The van der Waals surface area contributed by atoms with Crippen LogP contribution in [0.25, 0.3) is 0 Å². The van der Waals surface area contributed by atoms with E-state index in [9.17, 15) is 9.90 Å². The molecule has 0 aromatic heterocycles. The normalized spacial score (nSPS) is 19.7. The molecule has 1 heterocycles. The molecule has 4 nitrogen and oxygen atoms in total. The first kappa shape index (κ1) is 14.4. The minimum absolute atomic E-state index is 0.0249. The Hall–Kier alpha value is -1.55. The van der Waals surface area contributed by atoms with Crippen molar-refractivity contribution in [2.24, 2.45) is 5.41 Å². The van der Waals surface area contributed by atoms with Crippen molar-refractivity contribution in [3.63, 3.8) is 0 Å². The first-order valence-corrected chi connectivity index (χ1v) is 7.98. The summed E-state index contributed by atoms with van der Waals surface area (Å²) in [5, 5.41) is 16.0. The molecule has 0 spiro atoms. The maximum Gasteiger partial charge on any atom is 0.251 e. The average Bonchev–Trinajstić information content (AvgIpc) is 3.01. The summed E-state index contributed by atoms with van der Waals surface area (Å²) in [4.78, 5) is 12.3. The summed E-state index contributed by atoms with van der Waals surface area (Å²) in [6, 6.07) is 5.88. The Bertz CT molecular complexity index is 522. The summed E-state index contributed by atoms with van der Waals surface area (Å²) in [5.41, 5.74) is 3.02. The van der Waals surface area contributed by atoms with E-state index < -0.39 is 0 Å². The van der Waals surface area contributed by atoms with Crippen LogP contribution in [-0.2, 0) is 6.42 Å². The molecule has 21 heavy (non-hydrogen) atoms. The quantitative estimate of drug-likeness (QED) is 0.797. The number of fused-ring (bicyclic) bond motifs is 1. The van der Waals surface area contributed by atoms with Crippen LogP contribution < -0.4 is 10.6 Å². The van der Waals surface area contributed by atoms with Crippen LogP contribution in [0.4, 0.5) is 5.69 Å². The van der Waals surface area contributed by atoms with Crippen molar-refractivity contribution in [1.29, 1.82) is 0 Å². The van der Waals surface area contributed by atoms with Gasteiger partial charge in [-0.3, -0.25) is 4.79 Å². The summed E-state index contributed by atoms with van der Waals surface area (Å²) >= 11 is 0. The van der Waals surface area contributed by atoms with E-state index in [4.69, 9.17) is 0 Å². The lowest BCUT2D eigenvalue weighted by Gasteiger charge is -2.26. The van der Waals surface area contributed by atoms with Crippen molar-refractivity contribution in [2.45, 2.75) is 38.5 Å². The van der Waals surface area contributed by atoms with Crippen molar-refractivity contribution >= 4 is 11.6 Å². The Morgan fingerprint density at radius 3 is 2.86 bits per heavy atom. The maximum atomic E-state index is 12.3. The van der Waals surface area contributed by atoms with Crippen molar-refractivity contribution in [3.05, 3.63) is 29.3 Å². The molecule has 1 saturated carbocycles. The van der Waals surface area contributed by atoms with Gasteiger partial charge in [-0.1, -0.05) is 12.8 Å². The summed E-state index contributed by atoms with van der Waals surface area (Å²) in [6.45, 7) is 1.76. The number of anilines is 1. The zero-order valence-electron chi connectivity index (χ0n) is 12.5. The highest BCUT2D eigenvalue weighted by atomic mass is 16.3. The number of aliphatic hydroxyl groups is 1. The van der Waals surface area contributed by atoms with Crippen molar-refractivity contribution in [1.82, 2.24) is 5.32 Å². The first-order chi connectivity index (χ1) is 10.2. The van der Waals surface area contributed by atoms with Crippen LogP contribution in [0.5, 0.6) is 0 Å². The number of rotatable bonds is 4. The van der Waals surface area contributed by atoms with Gasteiger partial charge < -0.3 is 15.7 Å². The molecule has 1 aliphatic heterocycles. The van der Waals surface area contributed by atoms with Crippen molar-refractivity contribution in [2.75, 3.05) is 25.0 Å². The molecule has 114 valence electrons. The molecule has 2 aliphatic rings. The number of aryl methyl sites for hydroxylation is 1. The van der Waals surface area contributed by atoms with E-state index in [1.807, 2.05) is 18.2 Å². The van der Waals surface area contributed by atoms with Gasteiger partial charge in [-0.2, -0.15) is 0 Å². The van der Waals surface area contributed by atoms with Gasteiger partial charge >= 0.3 is 0 Å². The summed E-state index contributed by atoms with van der Waals surface area (Å²) in [5.74, 6) is -0.0249. The summed E-state index contributed by atoms with van der Waals surface area (Å²) in [7, 11) is 0. The van der Waals surface area contributed by atoms with Crippen LogP contribution in [0.1, 0.15) is 48.0 Å². The number of aliphatic hydroxyl groups excluding tert-OH is 1. The van der Waals surface area contributed by atoms with Gasteiger partial charge in [0.15, 0.2) is 0 Å². The fraction of sp³-hybridized carbons (Fsp3) is 0.588. The lowest BCUT2D eigenvalue weighted by Crippen LogP contribution is -2.38. The molecule has 1 fully saturated rings. The molecule has 0 atom stereocenters. The number of hydrogen-bond acceptors (Lipinski definition) is 3. The van der Waals surface area contributed by atoms with E-state index >= 15 is 0 Å². The highest BCUT2D eigenvalue weighted by molar-refractivity contribution is 5.95. The van der Waals surface area contributed by atoms with Crippen molar-refractivity contribution in [3.8, 4) is 0 Å². The lowest BCUT2D eigenvalue weighted by molar-refractivity contribution is 0.0880. The molecular weight excluding hydrogens is 264 g/mol. The predicted molar refractivity (Wildman–Crippen MR) is 83.6 cm³/mol. The molecule has 4 heteroatoms. The second-order valence-electron chi connectivity index (χ2n) is 6.45. The molecule has 0 bridgehead atoms. The van der Waals surface area contributed by atoms with Gasteiger partial charge in [0.2, 0.25) is 0 Å². The Morgan fingerprint density at radius 2 is 2.10 bits per heavy atom. The largest absolute Gasteiger partial charge is 0.396 e. The van der Waals surface area contributed by atoms with Gasteiger partial charge in [-0.05, 0) is 49.4 Å². The highest BCUT2D eigenvalue weighted by Crippen LogP contribution is 2.37. The van der Waals surface area contributed by atoms with Crippen LogP contribution in [0, 0.1) is 5.41 Å². The summed E-state index contributed by atoms with van der Waals surface area (Å²) in [6.07, 6.45) is 6.48. The predicted octanol–water partition coefficient (Wildman–Crippen LogP) is 2.33. The molecular formula is C17H24N2O2. The molecule has 1 aromatic carbocycles. The number of carbonyl (C=O) groups excluding carboxylic acids is 1. The second kappa shape index (κ2) is 6.06. The van der Waals surface area contributed by atoms with Gasteiger partial charge in [-0.25, -0.2) is 0 Å². The van der Waals surface area contributed by atoms with E-state index in [-0.39, 0.29) is 17.9 Å². The number of amides is 1. The number of benzene rings is 1. The highest BCUT2D eigenvalue weighted by Gasteiger charge is 2.33. The van der Waals surface area contributed by atoms with E-state index in [0.29, 0.717) is 6.54 Å². The molecule has 0 radical (unpaired) electrons. The van der Waals surface area contributed by atoms with Gasteiger partial charge in [0.1, 0.15) is 0 Å². The molecule has 3 rings (SSSR count). The van der Waals surface area contributed by atoms with Gasteiger partial charge in [0.25, 0.3) is 5.91 Å². The second-order valence-corrected chi connectivity index (χ2v) is 6.45. The topological polar surface area (TPSA) is 61.4 Å². The van der Waals surface area contributed by atoms with Gasteiger partial charge in [0.05, 0.1) is 6.61 Å². The third-order valence-corrected chi connectivity index (χ3v) is 4.93. The molecule has 1 aromatic rings. The Kier molecular flexibility index (Phi) is 4.15. The van der Waals surface area contributed by atoms with Crippen LogP contribution >= 0.6 is 0 Å². The van der Waals surface area contributed by atoms with Crippen LogP contribution in [-0.4, -0.2) is 30.7 Å². The van der Waals surface area contributed by atoms with E-state index in [1.54, 1.807) is 0 Å². The SMILES string of the molecule is O=C(NCC1(CO)CCCC1)c1ccc2c(c1)CCCN2. The monoisotopic (exact) mass is 288 g/mol. The standard InChI is InChI=1S/C17H24N2O2/c20-12-17(7-1-2-8-17)11-19-16(21)14-5-6-15-13(10-14)4-3-9-18-15/h5-6,10,18,20H,1-4,7-9,11-12H2,(H,19,21). The van der Waals surface area contributed by atoms with Crippen molar-refractivity contribution < 1.29 is 9.90 Å². The fourth-order valence-electron chi connectivity index (χ4n) is 3.50. The number of nitrogens with one attached hydrogen (secondary N) is 2. The summed E-state index contributed by atoms with van der Waals surface area (Å²) < 4.78 is 0. The number of carbonyl (C=O) groups is 1. The fourth-order valence-corrected chi connectivity index (χ4v) is 3.50. The molecule has 0 unspecified atom stereocenters. The Morgan fingerprint density at radius 1 is 1.29 bits per heavy atom. The minimum atomic E-state index is -0.0918. The van der Waals surface area contributed by atoms with E-state index in [0.717, 1.165) is 56.3 Å². The van der Waals surface area contributed by atoms with Crippen LogP contribution in [0.15, 0.2) is 18.2 Å². The zero-order valence-corrected chi connectivity index (χ0v) is 12.5. The van der Waals surface area contributed by atoms with Crippen LogP contribution in [0.2, 0.25) is 0 Å². The van der Waals surface area contributed by atoms with Gasteiger partial charge in [0, 0.05) is 29.8 Å². The Balaban J connectivity index is 1.65. The Labute approximate surface area is 125 Å². The third kappa shape index (κ3) is 3.05. The molecule has 3 N–H and O–H groups in total. The zero-order chi connectivity index (χ0) is 14.7. The molecule has 0 saturated heterocycles.